The summed E-state index contributed by atoms with van der Waals surface area (Å²) in [6, 6.07) is 0. The highest BCUT2D eigenvalue weighted by molar-refractivity contribution is 4.88. The minimum absolute atomic E-state index is 0.558. The van der Waals surface area contributed by atoms with Crippen molar-refractivity contribution in [2.24, 2.45) is 5.41 Å². The van der Waals surface area contributed by atoms with Gasteiger partial charge in [-0.05, 0) is 37.8 Å². The summed E-state index contributed by atoms with van der Waals surface area (Å²) in [7, 11) is 0. The van der Waals surface area contributed by atoms with Crippen LogP contribution in [0.15, 0.2) is 0 Å². The first-order chi connectivity index (χ1) is 8.33. The number of rotatable bonds is 10. The van der Waals surface area contributed by atoms with Gasteiger partial charge in [0.15, 0.2) is 0 Å². The summed E-state index contributed by atoms with van der Waals surface area (Å²) in [5.41, 5.74) is 0.558. The second kappa shape index (κ2) is 8.93. The van der Waals surface area contributed by atoms with E-state index in [9.17, 15) is 0 Å². The molecule has 1 aliphatic heterocycles. The Balaban J connectivity index is 1.92. The first kappa shape index (κ1) is 15.0. The van der Waals surface area contributed by atoms with Crippen molar-refractivity contribution >= 4 is 0 Å². The van der Waals surface area contributed by atoms with E-state index in [4.69, 9.17) is 0 Å². The van der Waals surface area contributed by atoms with Gasteiger partial charge in [0.1, 0.15) is 0 Å². The van der Waals surface area contributed by atoms with Crippen LogP contribution < -0.4 is 10.6 Å². The Hall–Kier alpha value is -0.0800. The first-order valence-electron chi connectivity index (χ1n) is 7.74. The predicted octanol–water partition coefficient (Wildman–Crippen LogP) is 3.33. The number of nitrogens with one attached hydrogen (secondary N) is 2. The zero-order valence-electron chi connectivity index (χ0n) is 12.0. The normalized spacial score (nSPS) is 24.4. The molecule has 1 saturated heterocycles. The van der Waals surface area contributed by atoms with Gasteiger partial charge in [-0.15, -0.1) is 0 Å². The van der Waals surface area contributed by atoms with Gasteiger partial charge < -0.3 is 10.6 Å². The minimum Gasteiger partial charge on any atom is -0.316 e. The standard InChI is InChI=1S/C15H32N2/c1-3-5-6-7-8-9-11-16-13-15(4-2)10-12-17-14-15/h16-17H,3-14H2,1-2H3. The Kier molecular flexibility index (Phi) is 7.87. The molecule has 1 heterocycles. The van der Waals surface area contributed by atoms with Gasteiger partial charge in [0.2, 0.25) is 0 Å². The van der Waals surface area contributed by atoms with E-state index >= 15 is 0 Å². The van der Waals surface area contributed by atoms with Gasteiger partial charge in [-0.3, -0.25) is 0 Å². The molecule has 0 aromatic heterocycles. The van der Waals surface area contributed by atoms with Crippen LogP contribution in [-0.4, -0.2) is 26.2 Å². The quantitative estimate of drug-likeness (QED) is 0.572. The van der Waals surface area contributed by atoms with Crippen LogP contribution in [0.2, 0.25) is 0 Å². The van der Waals surface area contributed by atoms with Crippen molar-refractivity contribution in [2.45, 2.75) is 65.2 Å². The molecule has 0 radical (unpaired) electrons. The van der Waals surface area contributed by atoms with Crippen molar-refractivity contribution in [1.82, 2.24) is 10.6 Å². The zero-order valence-corrected chi connectivity index (χ0v) is 12.0. The molecule has 0 amide bonds. The summed E-state index contributed by atoms with van der Waals surface area (Å²) in [6.45, 7) is 9.47. The molecule has 0 aromatic rings. The molecule has 1 fully saturated rings. The molecule has 0 saturated carbocycles. The van der Waals surface area contributed by atoms with Crippen molar-refractivity contribution < 1.29 is 0 Å². The third kappa shape index (κ3) is 5.87. The molecule has 1 aliphatic rings. The molecule has 2 N–H and O–H groups in total. The van der Waals surface area contributed by atoms with Crippen LogP contribution in [0.5, 0.6) is 0 Å². The average Bonchev–Trinajstić information content (AvgIpc) is 2.82. The van der Waals surface area contributed by atoms with E-state index in [2.05, 4.69) is 24.5 Å². The highest BCUT2D eigenvalue weighted by Crippen LogP contribution is 2.28. The van der Waals surface area contributed by atoms with Crippen molar-refractivity contribution in [1.29, 1.82) is 0 Å². The van der Waals surface area contributed by atoms with Crippen LogP contribution in [0.4, 0.5) is 0 Å². The number of hydrogen-bond acceptors (Lipinski definition) is 2. The SMILES string of the molecule is CCCCCCCCNCC1(CC)CCNC1. The molecule has 0 spiro atoms. The van der Waals surface area contributed by atoms with E-state index in [0.29, 0.717) is 5.41 Å². The summed E-state index contributed by atoms with van der Waals surface area (Å²) in [5, 5.41) is 7.17. The van der Waals surface area contributed by atoms with Gasteiger partial charge in [0.05, 0.1) is 0 Å². The summed E-state index contributed by atoms with van der Waals surface area (Å²) >= 11 is 0. The maximum atomic E-state index is 3.67. The average molecular weight is 240 g/mol. The lowest BCUT2D eigenvalue weighted by Gasteiger charge is -2.27. The topological polar surface area (TPSA) is 24.1 Å². The van der Waals surface area contributed by atoms with Crippen molar-refractivity contribution in [2.75, 3.05) is 26.2 Å². The van der Waals surface area contributed by atoms with Gasteiger partial charge in [-0.1, -0.05) is 46.0 Å². The fourth-order valence-corrected chi connectivity index (χ4v) is 2.76. The summed E-state index contributed by atoms with van der Waals surface area (Å²) in [5.74, 6) is 0. The van der Waals surface area contributed by atoms with Crippen LogP contribution in [0.25, 0.3) is 0 Å². The fourth-order valence-electron chi connectivity index (χ4n) is 2.76. The van der Waals surface area contributed by atoms with Crippen molar-refractivity contribution in [3.63, 3.8) is 0 Å². The Morgan fingerprint density at radius 1 is 1.06 bits per heavy atom. The highest BCUT2D eigenvalue weighted by atomic mass is 15.0. The number of unbranched alkanes of at least 4 members (excludes halogenated alkanes) is 5. The van der Waals surface area contributed by atoms with Crippen LogP contribution in [-0.2, 0) is 0 Å². The smallest absolute Gasteiger partial charge is 0.00204 e. The second-order valence-corrected chi connectivity index (χ2v) is 5.72. The fraction of sp³-hybridized carbons (Fsp3) is 1.00. The maximum Gasteiger partial charge on any atom is 0.00204 e. The molecule has 102 valence electrons. The van der Waals surface area contributed by atoms with Crippen molar-refractivity contribution in [3.8, 4) is 0 Å². The zero-order chi connectivity index (χ0) is 12.4. The van der Waals surface area contributed by atoms with Crippen LogP contribution in [0.3, 0.4) is 0 Å². The van der Waals surface area contributed by atoms with Gasteiger partial charge in [0.25, 0.3) is 0 Å². The van der Waals surface area contributed by atoms with Gasteiger partial charge in [0, 0.05) is 13.1 Å². The summed E-state index contributed by atoms with van der Waals surface area (Å²) in [6.07, 6.45) is 11.1. The van der Waals surface area contributed by atoms with E-state index in [1.165, 1.54) is 77.5 Å². The van der Waals surface area contributed by atoms with Gasteiger partial charge >= 0.3 is 0 Å². The Morgan fingerprint density at radius 3 is 2.47 bits per heavy atom. The van der Waals surface area contributed by atoms with Gasteiger partial charge in [-0.2, -0.15) is 0 Å². The predicted molar refractivity (Wildman–Crippen MR) is 76.5 cm³/mol. The Labute approximate surface area is 108 Å². The lowest BCUT2D eigenvalue weighted by Crippen LogP contribution is -2.36. The third-order valence-corrected chi connectivity index (χ3v) is 4.29. The third-order valence-electron chi connectivity index (χ3n) is 4.29. The molecular weight excluding hydrogens is 208 g/mol. The highest BCUT2D eigenvalue weighted by Gasteiger charge is 2.30. The molecular formula is C15H32N2. The van der Waals surface area contributed by atoms with Crippen molar-refractivity contribution in [3.05, 3.63) is 0 Å². The Morgan fingerprint density at radius 2 is 1.82 bits per heavy atom. The molecule has 2 nitrogen and oxygen atoms in total. The molecule has 0 aliphatic carbocycles. The summed E-state index contributed by atoms with van der Waals surface area (Å²) < 4.78 is 0. The second-order valence-electron chi connectivity index (χ2n) is 5.72. The molecule has 0 bridgehead atoms. The molecule has 0 aromatic carbocycles. The maximum absolute atomic E-state index is 3.67. The van der Waals surface area contributed by atoms with Crippen LogP contribution in [0.1, 0.15) is 65.2 Å². The van der Waals surface area contributed by atoms with E-state index < -0.39 is 0 Å². The molecule has 1 rings (SSSR count). The van der Waals surface area contributed by atoms with E-state index in [-0.39, 0.29) is 0 Å². The molecule has 2 heteroatoms. The minimum atomic E-state index is 0.558. The molecule has 17 heavy (non-hydrogen) atoms. The molecule has 1 atom stereocenters. The monoisotopic (exact) mass is 240 g/mol. The van der Waals surface area contributed by atoms with E-state index in [0.717, 1.165) is 0 Å². The largest absolute Gasteiger partial charge is 0.316 e. The lowest BCUT2D eigenvalue weighted by atomic mass is 9.84. The lowest BCUT2D eigenvalue weighted by molar-refractivity contribution is 0.291. The van der Waals surface area contributed by atoms with E-state index in [1.807, 2.05) is 0 Å². The molecule has 1 unspecified atom stereocenters. The van der Waals surface area contributed by atoms with Gasteiger partial charge in [-0.25, -0.2) is 0 Å². The Bertz CT molecular complexity index is 174. The van der Waals surface area contributed by atoms with E-state index in [1.54, 1.807) is 0 Å². The number of hydrogen-bond donors (Lipinski definition) is 2. The first-order valence-corrected chi connectivity index (χ1v) is 7.74. The van der Waals surface area contributed by atoms with Crippen LogP contribution in [0, 0.1) is 5.41 Å². The summed E-state index contributed by atoms with van der Waals surface area (Å²) in [4.78, 5) is 0. The van der Waals surface area contributed by atoms with Crippen LogP contribution >= 0.6 is 0 Å².